The summed E-state index contributed by atoms with van der Waals surface area (Å²) in [6, 6.07) is 12.5. The highest BCUT2D eigenvalue weighted by Crippen LogP contribution is 2.25. The van der Waals surface area contributed by atoms with Crippen LogP contribution in [-0.2, 0) is 0 Å². The third-order valence-electron chi connectivity index (χ3n) is 3.22. The van der Waals surface area contributed by atoms with Gasteiger partial charge in [-0.15, -0.1) is 0 Å². The van der Waals surface area contributed by atoms with E-state index < -0.39 is 9.85 Å². The lowest BCUT2D eigenvalue weighted by atomic mass is 10.2. The van der Waals surface area contributed by atoms with Gasteiger partial charge in [-0.3, -0.25) is 20.2 Å². The molecule has 3 rings (SSSR count). The Kier molecular flexibility index (Phi) is 2.87. The third kappa shape index (κ3) is 2.20. The summed E-state index contributed by atoms with van der Waals surface area (Å²) in [5.74, 6) is 0. The number of nitrogens with zero attached hydrogens (tertiary/aromatic N) is 3. The maximum absolute atomic E-state index is 10.8. The molecule has 1 heterocycles. The quantitative estimate of drug-likeness (QED) is 0.543. The van der Waals surface area contributed by atoms with Crippen molar-refractivity contribution >= 4 is 22.3 Å². The van der Waals surface area contributed by atoms with Gasteiger partial charge < -0.3 is 4.57 Å². The van der Waals surface area contributed by atoms with Gasteiger partial charge in [0.05, 0.1) is 15.4 Å². The second-order valence-electron chi connectivity index (χ2n) is 4.46. The van der Waals surface area contributed by atoms with Gasteiger partial charge in [0, 0.05) is 41.5 Å². The molecule has 0 aliphatic heterocycles. The fourth-order valence-corrected chi connectivity index (χ4v) is 2.20. The van der Waals surface area contributed by atoms with Crippen molar-refractivity contribution in [2.24, 2.45) is 0 Å². The molecule has 7 nitrogen and oxygen atoms in total. The smallest absolute Gasteiger partial charge is 0.270 e. The highest BCUT2D eigenvalue weighted by Gasteiger charge is 2.10. The lowest BCUT2D eigenvalue weighted by Gasteiger charge is -2.05. The minimum atomic E-state index is -0.457. The molecule has 1 aromatic heterocycles. The van der Waals surface area contributed by atoms with Gasteiger partial charge in [0.25, 0.3) is 11.4 Å². The van der Waals surface area contributed by atoms with Crippen LogP contribution in [0.1, 0.15) is 0 Å². The van der Waals surface area contributed by atoms with Gasteiger partial charge in [0.2, 0.25) is 0 Å². The van der Waals surface area contributed by atoms with Crippen LogP contribution in [0.2, 0.25) is 0 Å². The first-order valence-corrected chi connectivity index (χ1v) is 6.06. The summed E-state index contributed by atoms with van der Waals surface area (Å²) in [5.41, 5.74) is 1.61. The predicted octanol–water partition coefficient (Wildman–Crippen LogP) is 3.45. The molecule has 2 aromatic carbocycles. The molecule has 0 radical (unpaired) electrons. The van der Waals surface area contributed by atoms with E-state index in [0.717, 1.165) is 16.6 Å². The van der Waals surface area contributed by atoms with Gasteiger partial charge in [-0.05, 0) is 24.3 Å². The second kappa shape index (κ2) is 4.71. The van der Waals surface area contributed by atoms with E-state index >= 15 is 0 Å². The Morgan fingerprint density at radius 2 is 1.43 bits per heavy atom. The van der Waals surface area contributed by atoms with Gasteiger partial charge in [0.1, 0.15) is 0 Å². The number of benzene rings is 2. The standard InChI is InChI=1S/C14H9N3O4/c18-16(19)12-3-1-11(2-4-12)15-8-7-10-9-13(17(20)21)5-6-14(10)15/h1-9H. The molecular formula is C14H9N3O4. The van der Waals surface area contributed by atoms with E-state index in [1.807, 2.05) is 4.57 Å². The lowest BCUT2D eigenvalue weighted by molar-refractivity contribution is -0.385. The van der Waals surface area contributed by atoms with E-state index in [2.05, 4.69) is 0 Å². The maximum atomic E-state index is 10.8. The molecule has 0 fully saturated rings. The topological polar surface area (TPSA) is 91.2 Å². The number of nitro benzene ring substituents is 2. The molecule has 21 heavy (non-hydrogen) atoms. The zero-order chi connectivity index (χ0) is 15.0. The number of hydrogen-bond acceptors (Lipinski definition) is 4. The number of non-ortho nitro benzene ring substituents is 2. The second-order valence-corrected chi connectivity index (χ2v) is 4.46. The Labute approximate surface area is 118 Å². The first-order chi connectivity index (χ1) is 10.1. The fourth-order valence-electron chi connectivity index (χ4n) is 2.20. The number of rotatable bonds is 3. The Bertz CT molecular complexity index is 852. The van der Waals surface area contributed by atoms with E-state index in [0.29, 0.717) is 0 Å². The Morgan fingerprint density at radius 3 is 2.05 bits per heavy atom. The summed E-state index contributed by atoms with van der Waals surface area (Å²) >= 11 is 0. The Morgan fingerprint density at radius 1 is 0.810 bits per heavy atom. The van der Waals surface area contributed by atoms with E-state index in [1.165, 1.54) is 24.3 Å². The number of nitro groups is 2. The first kappa shape index (κ1) is 12.8. The van der Waals surface area contributed by atoms with Crippen molar-refractivity contribution in [3.05, 3.63) is 75.0 Å². The zero-order valence-electron chi connectivity index (χ0n) is 10.7. The van der Waals surface area contributed by atoms with E-state index in [1.54, 1.807) is 30.5 Å². The molecule has 104 valence electrons. The molecule has 0 atom stereocenters. The fraction of sp³-hybridized carbons (Fsp3) is 0. The van der Waals surface area contributed by atoms with Crippen molar-refractivity contribution in [1.82, 2.24) is 4.57 Å². The molecule has 0 spiro atoms. The van der Waals surface area contributed by atoms with Gasteiger partial charge in [0.15, 0.2) is 0 Å². The highest BCUT2D eigenvalue weighted by atomic mass is 16.6. The van der Waals surface area contributed by atoms with E-state index in [9.17, 15) is 20.2 Å². The minimum Gasteiger partial charge on any atom is -0.317 e. The number of hydrogen-bond donors (Lipinski definition) is 0. The average Bonchev–Trinajstić information content (AvgIpc) is 2.90. The van der Waals surface area contributed by atoms with Crippen molar-refractivity contribution in [3.8, 4) is 5.69 Å². The van der Waals surface area contributed by atoms with Crippen LogP contribution in [0.4, 0.5) is 11.4 Å². The van der Waals surface area contributed by atoms with Gasteiger partial charge in [-0.2, -0.15) is 0 Å². The summed E-state index contributed by atoms with van der Waals surface area (Å²) in [7, 11) is 0. The minimum absolute atomic E-state index is 0.0193. The molecule has 0 aliphatic rings. The van der Waals surface area contributed by atoms with Crippen LogP contribution >= 0.6 is 0 Å². The molecule has 3 aromatic rings. The molecule has 0 aliphatic carbocycles. The van der Waals surface area contributed by atoms with Crippen molar-refractivity contribution in [3.63, 3.8) is 0 Å². The lowest BCUT2D eigenvalue weighted by Crippen LogP contribution is -1.93. The van der Waals surface area contributed by atoms with Crippen molar-refractivity contribution in [1.29, 1.82) is 0 Å². The van der Waals surface area contributed by atoms with Crippen LogP contribution in [-0.4, -0.2) is 14.4 Å². The van der Waals surface area contributed by atoms with E-state index in [4.69, 9.17) is 0 Å². The molecule has 0 bridgehead atoms. The summed E-state index contributed by atoms with van der Waals surface area (Å²) in [6.07, 6.45) is 1.77. The monoisotopic (exact) mass is 283 g/mol. The molecule has 7 heteroatoms. The summed E-state index contributed by atoms with van der Waals surface area (Å²) in [4.78, 5) is 20.5. The molecular weight excluding hydrogens is 274 g/mol. The molecule has 0 saturated carbocycles. The zero-order valence-corrected chi connectivity index (χ0v) is 10.7. The van der Waals surface area contributed by atoms with Crippen LogP contribution in [0.15, 0.2) is 54.7 Å². The average molecular weight is 283 g/mol. The van der Waals surface area contributed by atoms with Crippen LogP contribution in [0.5, 0.6) is 0 Å². The van der Waals surface area contributed by atoms with Crippen LogP contribution in [0, 0.1) is 20.2 Å². The van der Waals surface area contributed by atoms with Crippen molar-refractivity contribution in [2.45, 2.75) is 0 Å². The Hall–Kier alpha value is -3.22. The van der Waals surface area contributed by atoms with Gasteiger partial charge in [-0.1, -0.05) is 0 Å². The first-order valence-electron chi connectivity index (χ1n) is 6.06. The molecule has 0 saturated heterocycles. The largest absolute Gasteiger partial charge is 0.317 e. The van der Waals surface area contributed by atoms with Crippen LogP contribution in [0.25, 0.3) is 16.6 Å². The van der Waals surface area contributed by atoms with Gasteiger partial charge >= 0.3 is 0 Å². The van der Waals surface area contributed by atoms with Crippen molar-refractivity contribution < 1.29 is 9.85 Å². The summed E-state index contributed by atoms with van der Waals surface area (Å²) < 4.78 is 1.82. The molecule has 0 amide bonds. The summed E-state index contributed by atoms with van der Waals surface area (Å²) in [6.45, 7) is 0. The SMILES string of the molecule is O=[N+]([O-])c1ccc(-n2ccc3cc([N+](=O)[O-])ccc32)cc1. The maximum Gasteiger partial charge on any atom is 0.270 e. The Balaban J connectivity index is 2.08. The third-order valence-corrected chi connectivity index (χ3v) is 3.22. The molecule has 0 unspecified atom stereocenters. The molecule has 0 N–H and O–H groups in total. The van der Waals surface area contributed by atoms with E-state index in [-0.39, 0.29) is 11.4 Å². The van der Waals surface area contributed by atoms with Gasteiger partial charge in [-0.25, -0.2) is 0 Å². The number of aromatic nitrogens is 1. The van der Waals surface area contributed by atoms with Crippen LogP contribution < -0.4 is 0 Å². The number of fused-ring (bicyclic) bond motifs is 1. The van der Waals surface area contributed by atoms with Crippen LogP contribution in [0.3, 0.4) is 0 Å². The van der Waals surface area contributed by atoms with Crippen molar-refractivity contribution in [2.75, 3.05) is 0 Å². The highest BCUT2D eigenvalue weighted by molar-refractivity contribution is 5.84. The normalized spacial score (nSPS) is 10.7. The summed E-state index contributed by atoms with van der Waals surface area (Å²) in [5, 5.41) is 22.1. The predicted molar refractivity (Wildman–Crippen MR) is 76.6 cm³/mol.